The first-order chi connectivity index (χ1) is 6.16. The molecule has 0 aliphatic rings. The normalized spacial score (nSPS) is 12.2. The van der Waals surface area contributed by atoms with Crippen LogP contribution >= 0.6 is 0 Å². The number of hydrogen-bond acceptors (Lipinski definition) is 4. The summed E-state index contributed by atoms with van der Waals surface area (Å²) in [5, 5.41) is 10.8. The predicted octanol–water partition coefficient (Wildman–Crippen LogP) is -0.527. The smallest absolute Gasteiger partial charge is 0.407 e. The third kappa shape index (κ3) is 9.29. The van der Waals surface area contributed by atoms with E-state index in [1.165, 1.54) is 0 Å². The second-order valence-electron chi connectivity index (χ2n) is 2.42. The fourth-order valence-corrected chi connectivity index (χ4v) is 1.21. The highest BCUT2D eigenvalue weighted by Crippen LogP contribution is 1.83. The van der Waals surface area contributed by atoms with E-state index in [2.05, 4.69) is 10.1 Å². The van der Waals surface area contributed by atoms with Gasteiger partial charge in [-0.2, -0.15) is 0 Å². The van der Waals surface area contributed by atoms with Crippen LogP contribution in [0.4, 0.5) is 4.79 Å². The lowest BCUT2D eigenvalue weighted by Gasteiger charge is -2.04. The van der Waals surface area contributed by atoms with Crippen molar-refractivity contribution in [3.63, 3.8) is 0 Å². The molecule has 6 heteroatoms. The number of alkyl carbamates (subject to hydrolysis) is 1. The van der Waals surface area contributed by atoms with Gasteiger partial charge in [0.1, 0.15) is 6.61 Å². The van der Waals surface area contributed by atoms with Gasteiger partial charge in [0.15, 0.2) is 0 Å². The van der Waals surface area contributed by atoms with Gasteiger partial charge in [0.25, 0.3) is 0 Å². The molecule has 0 aromatic rings. The van der Waals surface area contributed by atoms with Crippen molar-refractivity contribution in [2.24, 2.45) is 0 Å². The second kappa shape index (κ2) is 8.00. The van der Waals surface area contributed by atoms with Crippen molar-refractivity contribution in [1.29, 1.82) is 0 Å². The van der Waals surface area contributed by atoms with Gasteiger partial charge in [0, 0.05) is 29.4 Å². The van der Waals surface area contributed by atoms with Crippen LogP contribution in [0.1, 0.15) is 6.42 Å². The molecule has 1 unspecified atom stereocenters. The molecule has 1 atom stereocenters. The molecule has 0 aliphatic carbocycles. The van der Waals surface area contributed by atoms with Crippen LogP contribution in [0.3, 0.4) is 0 Å². The highest BCUT2D eigenvalue weighted by atomic mass is 32.2. The van der Waals surface area contributed by atoms with Crippen LogP contribution < -0.4 is 5.32 Å². The van der Waals surface area contributed by atoms with Gasteiger partial charge < -0.3 is 15.2 Å². The third-order valence-electron chi connectivity index (χ3n) is 1.20. The highest BCUT2D eigenvalue weighted by Gasteiger charge is 1.99. The van der Waals surface area contributed by atoms with E-state index in [1.807, 2.05) is 0 Å². The molecule has 0 bridgehead atoms. The molecule has 0 aromatic carbocycles. The molecule has 78 valence electrons. The summed E-state index contributed by atoms with van der Waals surface area (Å²) < 4.78 is 15.1. The minimum atomic E-state index is -0.818. The average molecular weight is 209 g/mol. The molecule has 0 fully saturated rings. The molecular weight excluding hydrogens is 194 g/mol. The minimum Gasteiger partial charge on any atom is -0.447 e. The van der Waals surface area contributed by atoms with Crippen molar-refractivity contribution >= 4 is 16.9 Å². The van der Waals surface area contributed by atoms with E-state index >= 15 is 0 Å². The molecule has 0 radical (unpaired) electrons. The predicted molar refractivity (Wildman–Crippen MR) is 50.0 cm³/mol. The van der Waals surface area contributed by atoms with Crippen LogP contribution in [0.5, 0.6) is 0 Å². The van der Waals surface area contributed by atoms with Crippen LogP contribution in [0.15, 0.2) is 0 Å². The zero-order valence-corrected chi connectivity index (χ0v) is 8.43. The molecule has 2 N–H and O–H groups in total. The number of ether oxygens (including phenoxy) is 1. The van der Waals surface area contributed by atoms with E-state index in [9.17, 15) is 9.00 Å². The van der Waals surface area contributed by atoms with Gasteiger partial charge in [0.2, 0.25) is 0 Å². The molecule has 0 aromatic heterocycles. The first-order valence-corrected chi connectivity index (χ1v) is 5.71. The molecule has 1 amide bonds. The van der Waals surface area contributed by atoms with Crippen LogP contribution in [0.25, 0.3) is 0 Å². The van der Waals surface area contributed by atoms with Gasteiger partial charge in [-0.1, -0.05) is 0 Å². The van der Waals surface area contributed by atoms with Gasteiger partial charge in [-0.05, 0) is 6.42 Å². The highest BCUT2D eigenvalue weighted by molar-refractivity contribution is 7.84. The molecule has 5 nitrogen and oxygen atoms in total. The third-order valence-corrected chi connectivity index (χ3v) is 2.07. The summed E-state index contributed by atoms with van der Waals surface area (Å²) in [6.45, 7) is 0.280. The Morgan fingerprint density at radius 2 is 2.31 bits per heavy atom. The van der Waals surface area contributed by atoms with E-state index in [0.29, 0.717) is 18.7 Å². The van der Waals surface area contributed by atoms with Crippen molar-refractivity contribution in [2.75, 3.05) is 31.8 Å². The largest absolute Gasteiger partial charge is 0.447 e. The Labute approximate surface area is 79.9 Å². The van der Waals surface area contributed by atoms with E-state index < -0.39 is 16.9 Å². The molecular formula is C7H15NO4S. The maximum Gasteiger partial charge on any atom is 0.407 e. The average Bonchev–Trinajstić information content (AvgIpc) is 2.08. The minimum absolute atomic E-state index is 0.00550. The van der Waals surface area contributed by atoms with Crippen molar-refractivity contribution in [2.45, 2.75) is 6.42 Å². The summed E-state index contributed by atoms with van der Waals surface area (Å²) in [5.41, 5.74) is 0. The maximum absolute atomic E-state index is 10.7. The Morgan fingerprint density at radius 1 is 1.62 bits per heavy atom. The number of nitrogens with one attached hydrogen (secondary N) is 1. The number of carbonyl (C=O) groups is 1. The molecule has 0 aliphatic heterocycles. The number of rotatable bonds is 6. The lowest BCUT2D eigenvalue weighted by atomic mass is 10.5. The Bertz CT molecular complexity index is 174. The summed E-state index contributed by atoms with van der Waals surface area (Å²) in [7, 11) is -0.818. The summed E-state index contributed by atoms with van der Waals surface area (Å²) in [5.74, 6) is 0.570. The maximum atomic E-state index is 10.7. The van der Waals surface area contributed by atoms with E-state index in [4.69, 9.17) is 5.11 Å². The van der Waals surface area contributed by atoms with Crippen molar-refractivity contribution in [1.82, 2.24) is 5.32 Å². The Kier molecular flexibility index (Phi) is 7.62. The summed E-state index contributed by atoms with van der Waals surface area (Å²) in [4.78, 5) is 10.7. The fraction of sp³-hybridized carbons (Fsp3) is 0.857. The molecule has 0 heterocycles. The topological polar surface area (TPSA) is 75.6 Å². The second-order valence-corrected chi connectivity index (χ2v) is 3.97. The summed E-state index contributed by atoms with van der Waals surface area (Å²) >= 11 is 0. The summed E-state index contributed by atoms with van der Waals surface area (Å²) in [6.07, 6.45) is 1.73. The number of aliphatic hydroxyl groups is 1. The van der Waals surface area contributed by atoms with Crippen LogP contribution in [0.2, 0.25) is 0 Å². The van der Waals surface area contributed by atoms with Crippen molar-refractivity contribution < 1.29 is 18.8 Å². The zero-order chi connectivity index (χ0) is 10.1. The number of carbonyl (C=O) groups excluding carboxylic acids is 1. The van der Waals surface area contributed by atoms with Crippen molar-refractivity contribution in [3.8, 4) is 0 Å². The van der Waals surface area contributed by atoms with Crippen LogP contribution in [0, 0.1) is 0 Å². The Morgan fingerprint density at radius 3 is 2.85 bits per heavy atom. The van der Waals surface area contributed by atoms with Gasteiger partial charge in [-0.3, -0.25) is 4.21 Å². The molecule has 0 saturated heterocycles. The first kappa shape index (κ1) is 12.4. The van der Waals surface area contributed by atoms with Gasteiger partial charge in [0.05, 0.1) is 6.61 Å². The number of aliphatic hydroxyl groups excluding tert-OH is 1. The lowest BCUT2D eigenvalue weighted by molar-refractivity contribution is 0.119. The fourth-order valence-electron chi connectivity index (χ4n) is 0.655. The Hall–Kier alpha value is -0.620. The van der Waals surface area contributed by atoms with E-state index in [0.717, 1.165) is 0 Å². The van der Waals surface area contributed by atoms with E-state index in [1.54, 1.807) is 6.26 Å². The quantitative estimate of drug-likeness (QED) is 0.577. The number of amides is 1. The van der Waals surface area contributed by atoms with Crippen LogP contribution in [-0.4, -0.2) is 47.2 Å². The molecule has 0 saturated carbocycles. The monoisotopic (exact) mass is 209 g/mol. The molecule has 13 heavy (non-hydrogen) atoms. The first-order valence-electron chi connectivity index (χ1n) is 3.98. The van der Waals surface area contributed by atoms with Crippen molar-refractivity contribution in [3.05, 3.63) is 0 Å². The lowest BCUT2D eigenvalue weighted by Crippen LogP contribution is -2.27. The van der Waals surface area contributed by atoms with E-state index in [-0.39, 0.29) is 13.2 Å². The standard InChI is InChI=1S/C7H15NO4S/c1-13(11)6-2-3-8-7(10)12-5-4-9/h9H,2-6H2,1H3,(H,8,10). The molecule has 0 rings (SSSR count). The zero-order valence-electron chi connectivity index (χ0n) is 7.62. The summed E-state index contributed by atoms with van der Waals surface area (Å²) in [6, 6.07) is 0. The van der Waals surface area contributed by atoms with Crippen LogP contribution in [-0.2, 0) is 15.5 Å². The number of hydrogen-bond donors (Lipinski definition) is 2. The van der Waals surface area contributed by atoms with Gasteiger partial charge >= 0.3 is 6.09 Å². The van der Waals surface area contributed by atoms with Gasteiger partial charge in [-0.15, -0.1) is 0 Å². The molecule has 0 spiro atoms. The van der Waals surface area contributed by atoms with Gasteiger partial charge in [-0.25, -0.2) is 4.79 Å². The Balaban J connectivity index is 3.22. The SMILES string of the molecule is CS(=O)CCCNC(=O)OCCO.